The number of hydrogen-bond donors (Lipinski definition) is 1. The molecule has 0 radical (unpaired) electrons. The minimum Gasteiger partial charge on any atom is -1.00 e. The number of hydrogen-bond acceptors (Lipinski definition) is 1. The predicted molar refractivity (Wildman–Crippen MR) is 65.2 cm³/mol. The zero-order valence-corrected chi connectivity index (χ0v) is 12.9. The Balaban J connectivity index is 0.00000162. The highest BCUT2D eigenvalue weighted by atomic mass is 127. The molecule has 0 amide bonds. The van der Waals surface area contributed by atoms with Gasteiger partial charge in [0, 0.05) is 13.0 Å². The van der Waals surface area contributed by atoms with Gasteiger partial charge in [-0.25, -0.2) is 13.9 Å². The molecule has 1 aromatic carbocycles. The Kier molecular flexibility index (Phi) is 4.72. The zero-order valence-electron chi connectivity index (χ0n) is 10.8. The van der Waals surface area contributed by atoms with Crippen LogP contribution in [-0.4, -0.2) is 15.6 Å². The second-order valence-corrected chi connectivity index (χ2v) is 4.04. The van der Waals surface area contributed by atoms with Crippen molar-refractivity contribution < 1.29 is 38.4 Å². The number of nitrogens with zero attached hydrogens (tertiary/aromatic N) is 2. The highest BCUT2D eigenvalue weighted by molar-refractivity contribution is 5.91. The minimum absolute atomic E-state index is 0. The number of aromatic nitrogens is 2. The molecule has 18 heavy (non-hydrogen) atoms. The van der Waals surface area contributed by atoms with Crippen LogP contribution in [0.25, 0.3) is 11.0 Å². The Morgan fingerprint density at radius 3 is 2.56 bits per heavy atom. The molecule has 0 saturated heterocycles. The summed E-state index contributed by atoms with van der Waals surface area (Å²) in [6.45, 7) is 7.96. The van der Waals surface area contributed by atoms with E-state index in [4.69, 9.17) is 5.11 Å². The molecule has 0 spiro atoms. The summed E-state index contributed by atoms with van der Waals surface area (Å²) in [6, 6.07) is 5.30. The van der Waals surface area contributed by atoms with Crippen molar-refractivity contribution in [2.45, 2.75) is 33.9 Å². The van der Waals surface area contributed by atoms with Crippen LogP contribution in [0.4, 0.5) is 0 Å². The second kappa shape index (κ2) is 5.69. The largest absolute Gasteiger partial charge is 1.00 e. The van der Waals surface area contributed by atoms with Crippen LogP contribution in [0.2, 0.25) is 0 Å². The fraction of sp³-hybridized carbons (Fsp3) is 0.385. The van der Waals surface area contributed by atoms with E-state index in [1.165, 1.54) is 0 Å². The normalized spacial score (nSPS) is 10.4. The van der Waals surface area contributed by atoms with Gasteiger partial charge in [-0.3, -0.25) is 0 Å². The third-order valence-corrected chi connectivity index (χ3v) is 3.22. The SMILES string of the molecule is CCn1c(C)[n+](CC)c2ccc(C(=O)O)cc21.[I-]. The predicted octanol–water partition coefficient (Wildman–Crippen LogP) is -1.02. The van der Waals surface area contributed by atoms with Crippen molar-refractivity contribution in [3.05, 3.63) is 29.6 Å². The summed E-state index contributed by atoms with van der Waals surface area (Å²) in [5, 5.41) is 9.03. The maximum absolute atomic E-state index is 11.0. The Morgan fingerprint density at radius 2 is 2.06 bits per heavy atom. The average molecular weight is 360 g/mol. The molecule has 0 aliphatic carbocycles. The molecular weight excluding hydrogens is 343 g/mol. The number of imidazole rings is 1. The third-order valence-electron chi connectivity index (χ3n) is 3.22. The molecular formula is C13H17IN2O2. The molecule has 0 saturated carbocycles. The number of benzene rings is 1. The molecule has 0 aliphatic heterocycles. The van der Waals surface area contributed by atoms with E-state index < -0.39 is 5.97 Å². The average Bonchev–Trinajstić information content (AvgIpc) is 2.58. The molecule has 0 fully saturated rings. The lowest BCUT2D eigenvalue weighted by Gasteiger charge is -1.95. The first-order valence-corrected chi connectivity index (χ1v) is 5.86. The summed E-state index contributed by atoms with van der Waals surface area (Å²) in [5.41, 5.74) is 2.43. The number of carbonyl (C=O) groups is 1. The second-order valence-electron chi connectivity index (χ2n) is 4.04. The lowest BCUT2D eigenvalue weighted by Crippen LogP contribution is -3.00. The van der Waals surface area contributed by atoms with Gasteiger partial charge in [-0.1, -0.05) is 0 Å². The van der Waals surface area contributed by atoms with Gasteiger partial charge in [-0.05, 0) is 26.0 Å². The summed E-state index contributed by atoms with van der Waals surface area (Å²) >= 11 is 0. The number of aryl methyl sites for hydroxylation is 2. The first kappa shape index (κ1) is 14.9. The van der Waals surface area contributed by atoms with Gasteiger partial charge in [0.1, 0.15) is 0 Å². The van der Waals surface area contributed by atoms with Crippen molar-refractivity contribution in [1.29, 1.82) is 0 Å². The van der Waals surface area contributed by atoms with Crippen LogP contribution in [0.1, 0.15) is 30.0 Å². The maximum atomic E-state index is 11.0. The van der Waals surface area contributed by atoms with Crippen molar-refractivity contribution in [3.63, 3.8) is 0 Å². The van der Waals surface area contributed by atoms with Gasteiger partial charge in [0.25, 0.3) is 5.82 Å². The van der Waals surface area contributed by atoms with Crippen LogP contribution in [0, 0.1) is 6.92 Å². The van der Waals surface area contributed by atoms with Crippen molar-refractivity contribution in [2.24, 2.45) is 0 Å². The summed E-state index contributed by atoms with van der Waals surface area (Å²) < 4.78 is 4.34. The van der Waals surface area contributed by atoms with Gasteiger partial charge < -0.3 is 29.1 Å². The van der Waals surface area contributed by atoms with E-state index in [2.05, 4.69) is 29.9 Å². The number of fused-ring (bicyclic) bond motifs is 1. The highest BCUT2D eigenvalue weighted by Gasteiger charge is 2.20. The molecule has 98 valence electrons. The van der Waals surface area contributed by atoms with Crippen LogP contribution < -0.4 is 28.5 Å². The number of carboxylic acids is 1. The van der Waals surface area contributed by atoms with Gasteiger partial charge in [-0.15, -0.1) is 0 Å². The molecule has 0 bridgehead atoms. The molecule has 1 heterocycles. The van der Waals surface area contributed by atoms with E-state index in [-0.39, 0.29) is 24.0 Å². The van der Waals surface area contributed by atoms with E-state index in [1.54, 1.807) is 12.1 Å². The quantitative estimate of drug-likeness (QED) is 0.563. The summed E-state index contributed by atoms with van der Waals surface area (Å²) in [7, 11) is 0. The van der Waals surface area contributed by atoms with E-state index >= 15 is 0 Å². The number of carboxylic acid groups (broad SMARTS) is 1. The third kappa shape index (κ3) is 2.23. The highest BCUT2D eigenvalue weighted by Crippen LogP contribution is 2.16. The van der Waals surface area contributed by atoms with Crippen LogP contribution >= 0.6 is 0 Å². The lowest BCUT2D eigenvalue weighted by molar-refractivity contribution is -0.674. The Bertz CT molecular complexity index is 590. The summed E-state index contributed by atoms with van der Waals surface area (Å²) in [4.78, 5) is 11.0. The topological polar surface area (TPSA) is 46.1 Å². The van der Waals surface area contributed by atoms with E-state index in [0.717, 1.165) is 29.9 Å². The van der Waals surface area contributed by atoms with Gasteiger partial charge in [0.2, 0.25) is 0 Å². The maximum Gasteiger partial charge on any atom is 0.335 e. The van der Waals surface area contributed by atoms with Crippen LogP contribution in [-0.2, 0) is 13.1 Å². The minimum atomic E-state index is -0.878. The number of aromatic carboxylic acids is 1. The van der Waals surface area contributed by atoms with Gasteiger partial charge in [-0.2, -0.15) is 0 Å². The molecule has 0 unspecified atom stereocenters. The standard InChI is InChI=1S/C13H16N2O2.HI/c1-4-14-9(3)15(5-2)12-8-10(13(16)17)6-7-11(12)14;/h6-8H,4-5H2,1-3H3;1H. The number of halogens is 1. The lowest BCUT2D eigenvalue weighted by atomic mass is 10.2. The smallest absolute Gasteiger partial charge is 0.335 e. The first-order chi connectivity index (χ1) is 8.10. The Morgan fingerprint density at radius 1 is 1.39 bits per heavy atom. The van der Waals surface area contributed by atoms with Gasteiger partial charge in [0.05, 0.1) is 18.7 Å². The van der Waals surface area contributed by atoms with Crippen LogP contribution in [0.5, 0.6) is 0 Å². The molecule has 4 nitrogen and oxygen atoms in total. The van der Waals surface area contributed by atoms with E-state index in [1.807, 2.05) is 6.07 Å². The van der Waals surface area contributed by atoms with Gasteiger partial charge >= 0.3 is 5.97 Å². The Hall–Kier alpha value is -1.11. The van der Waals surface area contributed by atoms with Crippen molar-refractivity contribution in [1.82, 2.24) is 4.57 Å². The van der Waals surface area contributed by atoms with Crippen molar-refractivity contribution >= 4 is 17.0 Å². The molecule has 1 aromatic heterocycles. The Labute approximate surface area is 123 Å². The molecule has 2 rings (SSSR count). The molecule has 1 N–H and O–H groups in total. The van der Waals surface area contributed by atoms with Crippen molar-refractivity contribution in [3.8, 4) is 0 Å². The molecule has 0 aliphatic rings. The van der Waals surface area contributed by atoms with Crippen LogP contribution in [0.15, 0.2) is 18.2 Å². The summed E-state index contributed by atoms with van der Waals surface area (Å²) in [5.74, 6) is 0.281. The van der Waals surface area contributed by atoms with E-state index in [0.29, 0.717) is 5.56 Å². The van der Waals surface area contributed by atoms with Crippen LogP contribution in [0.3, 0.4) is 0 Å². The van der Waals surface area contributed by atoms with Crippen molar-refractivity contribution in [2.75, 3.05) is 0 Å². The summed E-state index contributed by atoms with van der Waals surface area (Å²) in [6.07, 6.45) is 0. The van der Waals surface area contributed by atoms with E-state index in [9.17, 15) is 4.79 Å². The number of rotatable bonds is 3. The fourth-order valence-electron chi connectivity index (χ4n) is 2.39. The monoisotopic (exact) mass is 360 g/mol. The molecule has 5 heteroatoms. The molecule has 0 atom stereocenters. The first-order valence-electron chi connectivity index (χ1n) is 5.86. The van der Waals surface area contributed by atoms with Gasteiger partial charge in [0.15, 0.2) is 11.0 Å². The zero-order chi connectivity index (χ0) is 12.6. The fourth-order valence-corrected chi connectivity index (χ4v) is 2.39. The molecule has 2 aromatic rings.